The maximum Gasteiger partial charge on any atom is 0.162 e. The number of carbonyl (C=O) groups excluding carboxylic acids is 1. The minimum Gasteiger partial charge on any atom is -0.457 e. The number of hydrogen-bond donors (Lipinski definition) is 0. The van der Waals surface area contributed by atoms with Gasteiger partial charge in [0.25, 0.3) is 0 Å². The summed E-state index contributed by atoms with van der Waals surface area (Å²) in [6.45, 7) is 0. The number of rotatable bonds is 6. The Kier molecular flexibility index (Phi) is 5.16. The van der Waals surface area contributed by atoms with Gasteiger partial charge < -0.3 is 4.74 Å². The van der Waals surface area contributed by atoms with Gasteiger partial charge in [0.2, 0.25) is 0 Å². The van der Waals surface area contributed by atoms with Gasteiger partial charge in [-0.05, 0) is 42.8 Å². The van der Waals surface area contributed by atoms with Crippen molar-refractivity contribution in [3.8, 4) is 11.5 Å². The number of alkyl halides is 1. The molecular weight excluding hydrogens is 304 g/mol. The molecule has 98 valence electrons. The first-order valence-electron chi connectivity index (χ1n) is 6.22. The summed E-state index contributed by atoms with van der Waals surface area (Å²) in [7, 11) is 0. The van der Waals surface area contributed by atoms with Crippen LogP contribution in [0.4, 0.5) is 0 Å². The molecule has 0 unspecified atom stereocenters. The van der Waals surface area contributed by atoms with Crippen LogP contribution in [0.25, 0.3) is 0 Å². The minimum absolute atomic E-state index is 0.172. The Labute approximate surface area is 121 Å². The van der Waals surface area contributed by atoms with Crippen LogP contribution in [0.1, 0.15) is 23.2 Å². The van der Waals surface area contributed by atoms with Gasteiger partial charge in [0.1, 0.15) is 11.5 Å². The molecular formula is C16H15BrO2. The van der Waals surface area contributed by atoms with E-state index >= 15 is 0 Å². The molecule has 2 rings (SSSR count). The summed E-state index contributed by atoms with van der Waals surface area (Å²) in [6, 6.07) is 16.9. The second-order valence-corrected chi connectivity index (χ2v) is 4.95. The number of ketones is 1. The van der Waals surface area contributed by atoms with E-state index in [-0.39, 0.29) is 5.78 Å². The Morgan fingerprint density at radius 2 is 1.58 bits per heavy atom. The maximum atomic E-state index is 11.8. The normalized spacial score (nSPS) is 10.2. The van der Waals surface area contributed by atoms with Crippen molar-refractivity contribution in [2.45, 2.75) is 12.8 Å². The maximum absolute atomic E-state index is 11.8. The molecule has 0 N–H and O–H groups in total. The van der Waals surface area contributed by atoms with Crippen molar-refractivity contribution in [3.05, 3.63) is 60.2 Å². The van der Waals surface area contributed by atoms with Crippen LogP contribution in [0, 0.1) is 0 Å². The van der Waals surface area contributed by atoms with E-state index in [1.54, 1.807) is 0 Å². The Hall–Kier alpha value is -1.61. The predicted molar refractivity (Wildman–Crippen MR) is 80.3 cm³/mol. The van der Waals surface area contributed by atoms with Gasteiger partial charge in [-0.25, -0.2) is 0 Å². The molecule has 0 saturated heterocycles. The molecule has 3 heteroatoms. The fourth-order valence-electron chi connectivity index (χ4n) is 1.71. The molecule has 0 atom stereocenters. The molecule has 0 aliphatic heterocycles. The summed E-state index contributed by atoms with van der Waals surface area (Å²) in [5.74, 6) is 1.70. The lowest BCUT2D eigenvalue weighted by Crippen LogP contribution is -1.98. The van der Waals surface area contributed by atoms with Gasteiger partial charge in [-0.15, -0.1) is 0 Å². The molecule has 0 bridgehead atoms. The first-order chi connectivity index (χ1) is 9.29. The second kappa shape index (κ2) is 7.10. The number of halogens is 1. The molecule has 0 aromatic heterocycles. The van der Waals surface area contributed by atoms with Crippen molar-refractivity contribution in [1.82, 2.24) is 0 Å². The monoisotopic (exact) mass is 318 g/mol. The lowest BCUT2D eigenvalue weighted by molar-refractivity contribution is 0.0982. The van der Waals surface area contributed by atoms with Crippen LogP contribution in [0.15, 0.2) is 54.6 Å². The van der Waals surface area contributed by atoms with Crippen molar-refractivity contribution in [3.63, 3.8) is 0 Å². The van der Waals surface area contributed by atoms with Crippen LogP contribution in [0.5, 0.6) is 11.5 Å². The van der Waals surface area contributed by atoms with Crippen LogP contribution in [-0.4, -0.2) is 11.1 Å². The average Bonchev–Trinajstić information content (AvgIpc) is 2.46. The molecule has 19 heavy (non-hydrogen) atoms. The quantitative estimate of drug-likeness (QED) is 0.563. The van der Waals surface area contributed by atoms with Crippen LogP contribution in [-0.2, 0) is 0 Å². The molecule has 0 aliphatic carbocycles. The molecule has 0 fully saturated rings. The van der Waals surface area contributed by atoms with Gasteiger partial charge in [-0.3, -0.25) is 4.79 Å². The molecule has 0 saturated carbocycles. The van der Waals surface area contributed by atoms with E-state index in [0.717, 1.165) is 28.8 Å². The van der Waals surface area contributed by atoms with E-state index in [0.29, 0.717) is 6.42 Å². The summed E-state index contributed by atoms with van der Waals surface area (Å²) in [5.41, 5.74) is 0.737. The van der Waals surface area contributed by atoms with Crippen LogP contribution in [0.2, 0.25) is 0 Å². The fraction of sp³-hybridized carbons (Fsp3) is 0.188. The smallest absolute Gasteiger partial charge is 0.162 e. The SMILES string of the molecule is O=C(CCCBr)c1ccc(Oc2ccccc2)cc1. The predicted octanol–water partition coefficient (Wildman–Crippen LogP) is 4.84. The molecule has 0 aliphatic rings. The van der Waals surface area contributed by atoms with Gasteiger partial charge in [0, 0.05) is 17.3 Å². The van der Waals surface area contributed by atoms with E-state index < -0.39 is 0 Å². The Morgan fingerprint density at radius 3 is 2.21 bits per heavy atom. The third kappa shape index (κ3) is 4.21. The third-order valence-corrected chi connectivity index (χ3v) is 3.25. The van der Waals surface area contributed by atoms with Crippen molar-refractivity contribution in [2.75, 3.05) is 5.33 Å². The number of para-hydroxylation sites is 1. The van der Waals surface area contributed by atoms with E-state index in [9.17, 15) is 4.79 Å². The first kappa shape index (κ1) is 13.8. The largest absolute Gasteiger partial charge is 0.457 e. The van der Waals surface area contributed by atoms with Crippen LogP contribution in [0.3, 0.4) is 0 Å². The van der Waals surface area contributed by atoms with Gasteiger partial charge in [-0.2, -0.15) is 0 Å². The lowest BCUT2D eigenvalue weighted by Gasteiger charge is -2.06. The first-order valence-corrected chi connectivity index (χ1v) is 7.34. The van der Waals surface area contributed by atoms with Gasteiger partial charge in [0.15, 0.2) is 5.78 Å². The highest BCUT2D eigenvalue weighted by Gasteiger charge is 2.05. The molecule has 0 amide bonds. The van der Waals surface area contributed by atoms with E-state index in [1.807, 2.05) is 54.6 Å². The summed E-state index contributed by atoms with van der Waals surface area (Å²) < 4.78 is 5.68. The minimum atomic E-state index is 0.172. The summed E-state index contributed by atoms with van der Waals surface area (Å²) in [4.78, 5) is 11.8. The van der Waals surface area contributed by atoms with Crippen LogP contribution < -0.4 is 4.74 Å². The molecule has 2 aromatic carbocycles. The average molecular weight is 319 g/mol. The van der Waals surface area contributed by atoms with Crippen molar-refractivity contribution in [2.24, 2.45) is 0 Å². The number of benzene rings is 2. The topological polar surface area (TPSA) is 26.3 Å². The van der Waals surface area contributed by atoms with Crippen molar-refractivity contribution in [1.29, 1.82) is 0 Å². The van der Waals surface area contributed by atoms with Crippen molar-refractivity contribution < 1.29 is 9.53 Å². The number of hydrogen-bond acceptors (Lipinski definition) is 2. The third-order valence-electron chi connectivity index (χ3n) is 2.69. The fourth-order valence-corrected chi connectivity index (χ4v) is 1.99. The van der Waals surface area contributed by atoms with Gasteiger partial charge in [-0.1, -0.05) is 34.1 Å². The summed E-state index contributed by atoms with van der Waals surface area (Å²) in [6.07, 6.45) is 1.44. The van der Waals surface area contributed by atoms with E-state index in [1.165, 1.54) is 0 Å². The zero-order chi connectivity index (χ0) is 13.5. The molecule has 0 heterocycles. The molecule has 0 spiro atoms. The number of Topliss-reactive ketones (excluding diaryl/α,β-unsaturated/α-hetero) is 1. The molecule has 2 aromatic rings. The van der Waals surface area contributed by atoms with Gasteiger partial charge in [0.05, 0.1) is 0 Å². The standard InChI is InChI=1S/C16H15BrO2/c17-12-4-7-16(18)13-8-10-15(11-9-13)19-14-5-2-1-3-6-14/h1-3,5-6,8-11H,4,7,12H2. The summed E-state index contributed by atoms with van der Waals surface area (Å²) in [5, 5.41) is 0.855. The highest BCUT2D eigenvalue weighted by atomic mass is 79.9. The van der Waals surface area contributed by atoms with E-state index in [2.05, 4.69) is 15.9 Å². The lowest BCUT2D eigenvalue weighted by atomic mass is 10.1. The van der Waals surface area contributed by atoms with Crippen molar-refractivity contribution >= 4 is 21.7 Å². The zero-order valence-electron chi connectivity index (χ0n) is 10.5. The summed E-state index contributed by atoms with van der Waals surface area (Å²) >= 11 is 3.33. The zero-order valence-corrected chi connectivity index (χ0v) is 12.1. The highest BCUT2D eigenvalue weighted by Crippen LogP contribution is 2.21. The molecule has 2 nitrogen and oxygen atoms in total. The van der Waals surface area contributed by atoms with Crippen LogP contribution >= 0.6 is 15.9 Å². The Bertz CT molecular complexity index is 520. The highest BCUT2D eigenvalue weighted by molar-refractivity contribution is 9.09. The number of carbonyl (C=O) groups is 1. The van der Waals surface area contributed by atoms with Gasteiger partial charge >= 0.3 is 0 Å². The molecule has 0 radical (unpaired) electrons. The van der Waals surface area contributed by atoms with E-state index in [4.69, 9.17) is 4.74 Å². The number of ether oxygens (including phenoxy) is 1. The Balaban J connectivity index is 2.00. The Morgan fingerprint density at radius 1 is 0.947 bits per heavy atom. The second-order valence-electron chi connectivity index (χ2n) is 4.16.